The standard InChI is InChI=1S/C28H40FN5O4S/c1-18(2)17-38-23-14-20(13-21(29)15-23)25-9-8-24(26(31-25)34-12-10-19(3)28(34,4)5)27(35)33-39(36,37)32-22-7-6-11-30-16-22/h8-9,13-15,18-19,22,30,32H,6-7,10-12,16-17H2,1-5H3,(H,33,35)/t19?,22-/m1/s1. The molecule has 9 nitrogen and oxygen atoms in total. The number of pyridine rings is 1. The normalized spacial score (nSPS) is 21.3. The lowest BCUT2D eigenvalue weighted by Crippen LogP contribution is -2.50. The van der Waals surface area contributed by atoms with Crippen LogP contribution in [0.2, 0.25) is 0 Å². The van der Waals surface area contributed by atoms with Crippen molar-refractivity contribution in [2.45, 2.75) is 65.5 Å². The minimum atomic E-state index is -4.10. The van der Waals surface area contributed by atoms with Crippen LogP contribution in [0.25, 0.3) is 11.3 Å². The summed E-state index contributed by atoms with van der Waals surface area (Å²) in [5, 5.41) is 3.15. The van der Waals surface area contributed by atoms with Crippen molar-refractivity contribution in [2.75, 3.05) is 31.1 Å². The number of amides is 1. The number of ether oxygens (including phenoxy) is 1. The lowest BCUT2D eigenvalue weighted by atomic mass is 9.90. The van der Waals surface area contributed by atoms with E-state index < -0.39 is 21.9 Å². The van der Waals surface area contributed by atoms with Gasteiger partial charge in [0.2, 0.25) is 0 Å². The van der Waals surface area contributed by atoms with Crippen LogP contribution in [-0.4, -0.2) is 57.1 Å². The van der Waals surface area contributed by atoms with Gasteiger partial charge in [0.1, 0.15) is 17.4 Å². The van der Waals surface area contributed by atoms with Crippen molar-refractivity contribution >= 4 is 21.9 Å². The zero-order valence-electron chi connectivity index (χ0n) is 23.4. The Morgan fingerprint density at radius 3 is 2.67 bits per heavy atom. The highest BCUT2D eigenvalue weighted by Crippen LogP contribution is 2.39. The molecule has 4 rings (SSSR count). The van der Waals surface area contributed by atoms with Gasteiger partial charge in [-0.1, -0.05) is 20.8 Å². The number of carbonyl (C=O) groups excluding carboxylic acids is 1. The second-order valence-corrected chi connectivity index (χ2v) is 13.0. The van der Waals surface area contributed by atoms with E-state index in [4.69, 9.17) is 9.72 Å². The SMILES string of the molecule is CC(C)COc1cc(F)cc(-c2ccc(C(=O)NS(=O)(=O)N[C@@H]3CCCNC3)c(N3CCC(C)C3(C)C)n2)c1. The van der Waals surface area contributed by atoms with Gasteiger partial charge >= 0.3 is 10.2 Å². The van der Waals surface area contributed by atoms with Gasteiger partial charge in [-0.3, -0.25) is 4.79 Å². The molecule has 3 heterocycles. The minimum Gasteiger partial charge on any atom is -0.493 e. The predicted molar refractivity (Wildman–Crippen MR) is 151 cm³/mol. The van der Waals surface area contributed by atoms with Gasteiger partial charge in [-0.15, -0.1) is 0 Å². The highest BCUT2D eigenvalue weighted by atomic mass is 32.2. The zero-order chi connectivity index (χ0) is 28.4. The van der Waals surface area contributed by atoms with Crippen LogP contribution in [0, 0.1) is 17.7 Å². The first-order chi connectivity index (χ1) is 18.4. The number of aromatic nitrogens is 1. The lowest BCUT2D eigenvalue weighted by molar-refractivity contribution is 0.0981. The molecule has 2 fully saturated rings. The summed E-state index contributed by atoms with van der Waals surface area (Å²) in [4.78, 5) is 20.2. The number of hydrogen-bond donors (Lipinski definition) is 3. The minimum absolute atomic E-state index is 0.140. The van der Waals surface area contributed by atoms with Crippen LogP contribution in [0.15, 0.2) is 30.3 Å². The first kappa shape index (κ1) is 29.2. The van der Waals surface area contributed by atoms with Crippen LogP contribution >= 0.6 is 0 Å². The van der Waals surface area contributed by atoms with Gasteiger partial charge in [0.15, 0.2) is 0 Å². The fourth-order valence-electron chi connectivity index (χ4n) is 5.04. The smallest absolute Gasteiger partial charge is 0.301 e. The highest BCUT2D eigenvalue weighted by Gasteiger charge is 2.41. The Balaban J connectivity index is 1.68. The van der Waals surface area contributed by atoms with E-state index in [0.717, 1.165) is 19.4 Å². The molecule has 0 aliphatic carbocycles. The van der Waals surface area contributed by atoms with E-state index in [1.54, 1.807) is 18.2 Å². The van der Waals surface area contributed by atoms with Gasteiger partial charge in [-0.2, -0.15) is 13.1 Å². The number of rotatable bonds is 9. The predicted octanol–water partition coefficient (Wildman–Crippen LogP) is 3.86. The first-order valence-electron chi connectivity index (χ1n) is 13.6. The van der Waals surface area contributed by atoms with Crippen molar-refractivity contribution in [2.24, 2.45) is 11.8 Å². The number of anilines is 1. The summed E-state index contributed by atoms with van der Waals surface area (Å²) in [6, 6.07) is 7.31. The van der Waals surface area contributed by atoms with E-state index >= 15 is 0 Å². The number of piperidine rings is 1. The second-order valence-electron chi connectivity index (χ2n) is 11.5. The number of halogens is 1. The number of nitrogens with zero attached hydrogens (tertiary/aromatic N) is 2. The molecule has 1 aromatic heterocycles. The van der Waals surface area contributed by atoms with Crippen molar-refractivity contribution in [1.82, 2.24) is 19.7 Å². The number of nitrogens with one attached hydrogen (secondary N) is 3. The fraction of sp³-hybridized carbons (Fsp3) is 0.571. The largest absolute Gasteiger partial charge is 0.493 e. The Kier molecular flexibility index (Phi) is 8.82. The maximum Gasteiger partial charge on any atom is 0.301 e. The molecular formula is C28H40FN5O4S. The van der Waals surface area contributed by atoms with Gasteiger partial charge in [0.25, 0.3) is 5.91 Å². The maximum atomic E-state index is 14.5. The summed E-state index contributed by atoms with van der Waals surface area (Å²) in [5.41, 5.74) is 0.769. The van der Waals surface area contributed by atoms with Crippen molar-refractivity contribution in [3.8, 4) is 17.0 Å². The molecule has 0 bridgehead atoms. The molecule has 2 saturated heterocycles. The molecule has 1 aromatic carbocycles. The van der Waals surface area contributed by atoms with Crippen LogP contribution in [0.4, 0.5) is 10.2 Å². The topological polar surface area (TPSA) is 113 Å². The third kappa shape index (κ3) is 7.06. The summed E-state index contributed by atoms with van der Waals surface area (Å²) >= 11 is 0. The van der Waals surface area contributed by atoms with E-state index in [1.165, 1.54) is 12.1 Å². The maximum absolute atomic E-state index is 14.5. The Bertz CT molecular complexity index is 1290. The van der Waals surface area contributed by atoms with Crippen molar-refractivity contribution in [3.63, 3.8) is 0 Å². The van der Waals surface area contributed by atoms with Gasteiger partial charge in [0.05, 0.1) is 17.9 Å². The summed E-state index contributed by atoms with van der Waals surface area (Å²) in [6.45, 7) is 12.8. The molecule has 1 amide bonds. The summed E-state index contributed by atoms with van der Waals surface area (Å²) < 4.78 is 50.6. The first-order valence-corrected chi connectivity index (χ1v) is 15.1. The molecule has 11 heteroatoms. The molecule has 0 saturated carbocycles. The lowest BCUT2D eigenvalue weighted by Gasteiger charge is -2.36. The zero-order valence-corrected chi connectivity index (χ0v) is 24.2. The molecule has 2 aliphatic rings. The van der Waals surface area contributed by atoms with E-state index in [9.17, 15) is 17.6 Å². The molecule has 0 spiro atoms. The number of hydrogen-bond acceptors (Lipinski definition) is 7. The van der Waals surface area contributed by atoms with Crippen LogP contribution in [0.5, 0.6) is 5.75 Å². The summed E-state index contributed by atoms with van der Waals surface area (Å²) in [5.74, 6) is 0.125. The van der Waals surface area contributed by atoms with Gasteiger partial charge in [-0.25, -0.2) is 14.1 Å². The number of benzene rings is 1. The molecule has 1 unspecified atom stereocenters. The van der Waals surface area contributed by atoms with Gasteiger partial charge < -0.3 is 15.0 Å². The molecule has 214 valence electrons. The van der Waals surface area contributed by atoms with Crippen LogP contribution in [0.1, 0.15) is 64.2 Å². The van der Waals surface area contributed by atoms with E-state index in [1.807, 2.05) is 18.7 Å². The Morgan fingerprint density at radius 2 is 2.03 bits per heavy atom. The highest BCUT2D eigenvalue weighted by molar-refractivity contribution is 7.88. The molecule has 3 N–H and O–H groups in total. The van der Waals surface area contributed by atoms with E-state index in [-0.39, 0.29) is 23.1 Å². The van der Waals surface area contributed by atoms with Gasteiger partial charge in [0, 0.05) is 36.3 Å². The molecule has 2 aromatic rings. The molecule has 2 aliphatic heterocycles. The van der Waals surface area contributed by atoms with Gasteiger partial charge in [-0.05, 0) is 75.8 Å². The Labute approximate surface area is 231 Å². The second kappa shape index (κ2) is 11.8. The van der Waals surface area contributed by atoms with Crippen molar-refractivity contribution in [3.05, 3.63) is 41.7 Å². The third-order valence-electron chi connectivity index (χ3n) is 7.66. The summed E-state index contributed by atoms with van der Waals surface area (Å²) in [7, 11) is -4.10. The van der Waals surface area contributed by atoms with Crippen LogP contribution in [-0.2, 0) is 10.2 Å². The molecule has 2 atom stereocenters. The quantitative estimate of drug-likeness (QED) is 0.426. The average Bonchev–Trinajstić information content (AvgIpc) is 3.13. The van der Waals surface area contributed by atoms with E-state index in [0.29, 0.717) is 54.9 Å². The summed E-state index contributed by atoms with van der Waals surface area (Å²) in [6.07, 6.45) is 2.44. The van der Waals surface area contributed by atoms with E-state index in [2.05, 4.69) is 35.5 Å². The van der Waals surface area contributed by atoms with Crippen LogP contribution < -0.4 is 24.4 Å². The average molecular weight is 562 g/mol. The third-order valence-corrected chi connectivity index (χ3v) is 8.76. The monoisotopic (exact) mass is 561 g/mol. The van der Waals surface area contributed by atoms with Crippen LogP contribution in [0.3, 0.4) is 0 Å². The molecule has 39 heavy (non-hydrogen) atoms. The molecular weight excluding hydrogens is 521 g/mol. The number of carbonyl (C=O) groups is 1. The fourth-order valence-corrected chi connectivity index (χ4v) is 6.09. The van der Waals surface area contributed by atoms with Crippen molar-refractivity contribution < 1.29 is 22.3 Å². The molecule has 0 radical (unpaired) electrons. The Hall–Kier alpha value is -2.76. The van der Waals surface area contributed by atoms with Crippen molar-refractivity contribution in [1.29, 1.82) is 0 Å². The Morgan fingerprint density at radius 1 is 1.26 bits per heavy atom.